The maximum absolute atomic E-state index is 12.3. The standard InChI is InChI=1S/C15H17Cl3N2O3S2/c1-4-22-14(21)9-11(10(16)13(18)19-12(9)17)25-15(24)20-5-7(2)23-8(3)6-20/h7-8H,4-6H2,1-3H3/t7-,8-/m1/s1. The monoisotopic (exact) mass is 442 g/mol. The van der Waals surface area contributed by atoms with E-state index in [-0.39, 0.29) is 39.7 Å². The molecular formula is C15H17Cl3N2O3S2. The smallest absolute Gasteiger partial charge is 0.342 e. The Morgan fingerprint density at radius 3 is 2.48 bits per heavy atom. The molecule has 0 N–H and O–H groups in total. The van der Waals surface area contributed by atoms with Gasteiger partial charge < -0.3 is 14.4 Å². The van der Waals surface area contributed by atoms with Crippen molar-refractivity contribution in [2.75, 3.05) is 19.7 Å². The number of morpholine rings is 1. The van der Waals surface area contributed by atoms with Gasteiger partial charge in [0.05, 0.1) is 28.7 Å². The number of carbonyl (C=O) groups is 1. The molecule has 0 aromatic carbocycles. The summed E-state index contributed by atoms with van der Waals surface area (Å²) in [6, 6.07) is 0. The second-order valence-corrected chi connectivity index (χ2v) is 8.20. The molecule has 2 atom stereocenters. The number of hydrogen-bond donors (Lipinski definition) is 0. The SMILES string of the molecule is CCOC(=O)c1c(Cl)nc(Cl)c(Cl)c1SC(=S)N1C[C@@H](C)O[C@H](C)C1. The minimum absolute atomic E-state index is 0.00808. The van der Waals surface area contributed by atoms with Crippen molar-refractivity contribution < 1.29 is 14.3 Å². The van der Waals surface area contributed by atoms with Gasteiger partial charge in [0.1, 0.15) is 15.0 Å². The summed E-state index contributed by atoms with van der Waals surface area (Å²) in [5.74, 6) is -0.618. The first-order valence-electron chi connectivity index (χ1n) is 7.58. The molecule has 5 nitrogen and oxygen atoms in total. The quantitative estimate of drug-likeness (QED) is 0.290. The second kappa shape index (κ2) is 9.06. The number of rotatable bonds is 3. The van der Waals surface area contributed by atoms with Crippen LogP contribution in [-0.4, -0.2) is 52.1 Å². The predicted octanol–water partition coefficient (Wildman–Crippen LogP) is 4.70. The lowest BCUT2D eigenvalue weighted by Gasteiger charge is -2.36. The highest BCUT2D eigenvalue weighted by Gasteiger charge is 2.29. The largest absolute Gasteiger partial charge is 0.462 e. The molecule has 138 valence electrons. The van der Waals surface area contributed by atoms with Gasteiger partial charge in [0.25, 0.3) is 0 Å². The Kier molecular flexibility index (Phi) is 7.61. The van der Waals surface area contributed by atoms with Crippen LogP contribution in [0.25, 0.3) is 0 Å². The van der Waals surface area contributed by atoms with E-state index in [1.165, 1.54) is 0 Å². The highest BCUT2D eigenvalue weighted by atomic mass is 35.5. The van der Waals surface area contributed by atoms with E-state index in [4.69, 9.17) is 56.5 Å². The van der Waals surface area contributed by atoms with Crippen LogP contribution in [0.2, 0.25) is 15.3 Å². The molecule has 10 heteroatoms. The third-order valence-electron chi connectivity index (χ3n) is 3.36. The predicted molar refractivity (Wildman–Crippen MR) is 105 cm³/mol. The van der Waals surface area contributed by atoms with Crippen molar-refractivity contribution in [3.05, 3.63) is 20.9 Å². The van der Waals surface area contributed by atoms with Crippen LogP contribution in [0.4, 0.5) is 0 Å². The zero-order valence-corrected chi connectivity index (χ0v) is 17.7. The molecule has 1 aliphatic rings. The van der Waals surface area contributed by atoms with Gasteiger partial charge in [0.15, 0.2) is 5.15 Å². The topological polar surface area (TPSA) is 51.7 Å². The van der Waals surface area contributed by atoms with Gasteiger partial charge in [-0.2, -0.15) is 0 Å². The fourth-order valence-electron chi connectivity index (χ4n) is 2.44. The van der Waals surface area contributed by atoms with Crippen molar-refractivity contribution in [2.24, 2.45) is 0 Å². The Bertz CT molecular complexity index is 680. The third kappa shape index (κ3) is 5.11. The number of halogens is 3. The molecule has 1 fully saturated rings. The Labute approximate surface area is 171 Å². The Hall–Kier alpha value is -0.310. The zero-order chi connectivity index (χ0) is 18.7. The lowest BCUT2D eigenvalue weighted by molar-refractivity contribution is -0.0465. The molecule has 1 saturated heterocycles. The molecule has 0 amide bonds. The van der Waals surface area contributed by atoms with E-state index in [2.05, 4.69) is 4.98 Å². The normalized spacial score (nSPS) is 20.5. The number of ether oxygens (including phenoxy) is 2. The third-order valence-corrected chi connectivity index (χ3v) is 6.03. The molecule has 0 radical (unpaired) electrons. The van der Waals surface area contributed by atoms with Gasteiger partial charge in [-0.25, -0.2) is 9.78 Å². The van der Waals surface area contributed by atoms with Gasteiger partial charge in [-0.15, -0.1) is 0 Å². The second-order valence-electron chi connectivity index (χ2n) is 5.46. The van der Waals surface area contributed by atoms with Crippen molar-refractivity contribution in [3.63, 3.8) is 0 Å². The molecular weight excluding hydrogens is 427 g/mol. The molecule has 0 saturated carbocycles. The van der Waals surface area contributed by atoms with Gasteiger partial charge in [0.2, 0.25) is 0 Å². The van der Waals surface area contributed by atoms with Gasteiger partial charge in [-0.05, 0) is 20.8 Å². The summed E-state index contributed by atoms with van der Waals surface area (Å²) in [5, 5.41) is 0.0615. The summed E-state index contributed by atoms with van der Waals surface area (Å²) in [4.78, 5) is 18.5. The number of pyridine rings is 1. The molecule has 2 rings (SSSR count). The first-order valence-corrected chi connectivity index (χ1v) is 9.94. The Morgan fingerprint density at radius 1 is 1.32 bits per heavy atom. The van der Waals surface area contributed by atoms with Gasteiger partial charge >= 0.3 is 5.97 Å². The Balaban J connectivity index is 2.34. The van der Waals surface area contributed by atoms with Crippen LogP contribution in [-0.2, 0) is 9.47 Å². The fourth-order valence-corrected chi connectivity index (χ4v) is 4.61. The van der Waals surface area contributed by atoms with Crippen molar-refractivity contribution in [3.8, 4) is 0 Å². The summed E-state index contributed by atoms with van der Waals surface area (Å²) in [6.45, 7) is 7.15. The number of thiocarbonyl (C=S) groups is 1. The minimum Gasteiger partial charge on any atom is -0.462 e. The Morgan fingerprint density at radius 2 is 1.92 bits per heavy atom. The van der Waals surface area contributed by atoms with Crippen LogP contribution in [0.1, 0.15) is 31.1 Å². The number of hydrogen-bond acceptors (Lipinski definition) is 6. The number of nitrogens with zero attached hydrogens (tertiary/aromatic N) is 2. The van der Waals surface area contributed by atoms with Crippen molar-refractivity contribution in [1.82, 2.24) is 9.88 Å². The lowest BCUT2D eigenvalue weighted by Crippen LogP contribution is -2.46. The van der Waals surface area contributed by atoms with Crippen molar-refractivity contribution >= 4 is 69.1 Å². The maximum atomic E-state index is 12.3. The van der Waals surface area contributed by atoms with Crippen LogP contribution in [0.3, 0.4) is 0 Å². The first-order chi connectivity index (χ1) is 11.7. The van der Waals surface area contributed by atoms with E-state index in [0.29, 0.717) is 22.3 Å². The summed E-state index contributed by atoms with van der Waals surface area (Å²) < 4.78 is 11.3. The van der Waals surface area contributed by atoms with Crippen LogP contribution in [0.5, 0.6) is 0 Å². The van der Waals surface area contributed by atoms with E-state index in [1.807, 2.05) is 18.7 Å². The van der Waals surface area contributed by atoms with Gasteiger partial charge in [-0.1, -0.05) is 58.8 Å². The summed E-state index contributed by atoms with van der Waals surface area (Å²) >= 11 is 25.1. The molecule has 2 heterocycles. The summed E-state index contributed by atoms with van der Waals surface area (Å²) in [6.07, 6.45) is 0.0961. The fraction of sp³-hybridized carbons (Fsp3) is 0.533. The molecule has 0 spiro atoms. The molecule has 0 aliphatic carbocycles. The average Bonchev–Trinajstić information content (AvgIpc) is 2.51. The average molecular weight is 444 g/mol. The van der Waals surface area contributed by atoms with Crippen LogP contribution < -0.4 is 0 Å². The van der Waals surface area contributed by atoms with Crippen LogP contribution >= 0.6 is 58.8 Å². The summed E-state index contributed by atoms with van der Waals surface area (Å²) in [5.41, 5.74) is 0.0691. The minimum atomic E-state index is -0.618. The molecule has 1 aromatic heterocycles. The van der Waals surface area contributed by atoms with Gasteiger partial charge in [0, 0.05) is 13.1 Å². The van der Waals surface area contributed by atoms with Crippen molar-refractivity contribution in [1.29, 1.82) is 0 Å². The molecule has 1 aromatic rings. The summed E-state index contributed by atoms with van der Waals surface area (Å²) in [7, 11) is 0. The van der Waals surface area contributed by atoms with Crippen molar-refractivity contribution in [2.45, 2.75) is 37.9 Å². The highest BCUT2D eigenvalue weighted by Crippen LogP contribution is 2.40. The zero-order valence-electron chi connectivity index (χ0n) is 13.8. The van der Waals surface area contributed by atoms with Gasteiger partial charge in [-0.3, -0.25) is 0 Å². The van der Waals surface area contributed by atoms with E-state index in [1.54, 1.807) is 6.92 Å². The molecule has 1 aliphatic heterocycles. The van der Waals surface area contributed by atoms with E-state index in [0.717, 1.165) is 11.8 Å². The number of aromatic nitrogens is 1. The number of thioether (sulfide) groups is 1. The number of esters is 1. The van der Waals surface area contributed by atoms with E-state index >= 15 is 0 Å². The molecule has 0 unspecified atom stereocenters. The van der Waals surface area contributed by atoms with Crippen LogP contribution in [0.15, 0.2) is 4.90 Å². The first kappa shape index (κ1) is 21.0. The number of carbonyl (C=O) groups excluding carboxylic acids is 1. The molecule has 0 bridgehead atoms. The van der Waals surface area contributed by atoms with E-state index < -0.39 is 5.97 Å². The lowest BCUT2D eigenvalue weighted by atomic mass is 10.2. The maximum Gasteiger partial charge on any atom is 0.342 e. The van der Waals surface area contributed by atoms with Crippen LogP contribution in [0, 0.1) is 0 Å². The van der Waals surface area contributed by atoms with E-state index in [9.17, 15) is 4.79 Å². The highest BCUT2D eigenvalue weighted by molar-refractivity contribution is 8.23. The molecule has 25 heavy (non-hydrogen) atoms.